The minimum Gasteiger partial charge on any atom is -0.396 e. The molecule has 0 spiro atoms. The van der Waals surface area contributed by atoms with Crippen LogP contribution in [0.15, 0.2) is 12.1 Å². The van der Waals surface area contributed by atoms with Crippen molar-refractivity contribution in [2.24, 2.45) is 5.73 Å². The van der Waals surface area contributed by atoms with E-state index < -0.39 is 17.5 Å². The second-order valence-corrected chi connectivity index (χ2v) is 3.86. The van der Waals surface area contributed by atoms with Gasteiger partial charge in [-0.2, -0.15) is 0 Å². The van der Waals surface area contributed by atoms with Crippen LogP contribution >= 0.6 is 12.2 Å². The zero-order chi connectivity index (χ0) is 12.8. The molecule has 0 aliphatic carbocycles. The third-order valence-electron chi connectivity index (χ3n) is 2.57. The number of hydrogen-bond donors (Lipinski definition) is 2. The predicted octanol–water partition coefficient (Wildman–Crippen LogP) is 2.08. The Morgan fingerprint density at radius 1 is 1.29 bits per heavy atom. The van der Waals surface area contributed by atoms with E-state index in [-0.39, 0.29) is 11.5 Å². The summed E-state index contributed by atoms with van der Waals surface area (Å²) in [4.78, 5) is 0. The zero-order valence-electron chi connectivity index (χ0n) is 9.05. The fourth-order valence-corrected chi connectivity index (χ4v) is 1.78. The smallest absolute Gasteiger partial charge is 0.194 e. The molecule has 1 aromatic rings. The van der Waals surface area contributed by atoms with Crippen molar-refractivity contribution in [1.29, 1.82) is 0 Å². The van der Waals surface area contributed by atoms with Gasteiger partial charge in [0.15, 0.2) is 17.5 Å². The van der Waals surface area contributed by atoms with Crippen molar-refractivity contribution in [3.8, 4) is 0 Å². The molecule has 2 rings (SSSR count). The van der Waals surface area contributed by atoms with Crippen LogP contribution in [0.1, 0.15) is 17.9 Å². The molecule has 1 atom stereocenters. The molecule has 6 heteroatoms. The summed E-state index contributed by atoms with van der Waals surface area (Å²) in [6.45, 7) is 1.42. The van der Waals surface area contributed by atoms with Gasteiger partial charge in [0.2, 0.25) is 0 Å². The molecule has 2 nitrogen and oxygen atoms in total. The molecule has 1 heterocycles. The molecule has 1 aliphatic rings. The molecule has 1 aliphatic heterocycles. The van der Waals surface area contributed by atoms with E-state index >= 15 is 0 Å². The van der Waals surface area contributed by atoms with Crippen molar-refractivity contribution in [2.45, 2.75) is 12.3 Å². The zero-order valence-corrected chi connectivity index (χ0v) is 9.87. The molecule has 0 aromatic heterocycles. The summed E-state index contributed by atoms with van der Waals surface area (Å²) in [6.07, 6.45) is 0.766. The number of hydrogen-bond acceptors (Lipinski definition) is 2. The van der Waals surface area contributed by atoms with E-state index in [1.165, 1.54) is 6.07 Å². The number of nitrogens with one attached hydrogen (secondary N) is 1. The lowest BCUT2D eigenvalue weighted by molar-refractivity contribution is 0.436. The molecule has 0 amide bonds. The maximum Gasteiger partial charge on any atom is 0.194 e. The normalized spacial score (nSPS) is 18.4. The van der Waals surface area contributed by atoms with Crippen molar-refractivity contribution < 1.29 is 13.2 Å². The van der Waals surface area contributed by atoms with Crippen molar-refractivity contribution in [2.75, 3.05) is 13.1 Å². The van der Waals surface area contributed by atoms with Crippen molar-refractivity contribution in [3.63, 3.8) is 0 Å². The van der Waals surface area contributed by atoms with Crippen LogP contribution in [0.4, 0.5) is 13.2 Å². The largest absolute Gasteiger partial charge is 0.396 e. The molecular formula is C11H13F3N2S. The van der Waals surface area contributed by atoms with Crippen LogP contribution in [0, 0.1) is 17.5 Å². The van der Waals surface area contributed by atoms with E-state index in [0.717, 1.165) is 24.5 Å². The third-order valence-corrected chi connectivity index (χ3v) is 2.57. The number of halogens is 3. The van der Waals surface area contributed by atoms with Crippen LogP contribution < -0.4 is 11.1 Å². The second-order valence-electron chi connectivity index (χ2n) is 3.59. The molecule has 17 heavy (non-hydrogen) atoms. The first kappa shape index (κ1) is 13.9. The standard InChI is InChI=1S/C10H10F3N.CH3NS/c11-8-2-1-7(9(12)10(8)13)6-3-4-14-5-6;2-1-3/h1-2,6,14H,3-5H2;1H,(H2,2,3). The molecule has 1 fully saturated rings. The van der Waals surface area contributed by atoms with Crippen molar-refractivity contribution >= 4 is 17.7 Å². The Bertz CT molecular complexity index is 393. The molecule has 1 aromatic carbocycles. The summed E-state index contributed by atoms with van der Waals surface area (Å²) >= 11 is 4.05. The summed E-state index contributed by atoms with van der Waals surface area (Å²) in [5.41, 5.74) is 5.89. The van der Waals surface area contributed by atoms with Gasteiger partial charge in [-0.3, -0.25) is 0 Å². The first-order valence-corrected chi connectivity index (χ1v) is 5.58. The molecule has 1 saturated heterocycles. The van der Waals surface area contributed by atoms with Gasteiger partial charge in [-0.15, -0.1) is 0 Å². The van der Waals surface area contributed by atoms with Gasteiger partial charge in [-0.05, 0) is 24.6 Å². The van der Waals surface area contributed by atoms with Crippen LogP contribution in [0.5, 0.6) is 0 Å². The first-order valence-electron chi connectivity index (χ1n) is 5.11. The summed E-state index contributed by atoms with van der Waals surface area (Å²) in [5.74, 6) is -3.57. The lowest BCUT2D eigenvalue weighted by atomic mass is 9.98. The van der Waals surface area contributed by atoms with E-state index in [0.29, 0.717) is 6.54 Å². The third kappa shape index (κ3) is 3.41. The number of thiocarbonyl (C=S) groups is 1. The van der Waals surface area contributed by atoms with Gasteiger partial charge in [0.05, 0.1) is 5.49 Å². The Morgan fingerprint density at radius 2 is 1.94 bits per heavy atom. The SMILES string of the molecule is Fc1ccc(C2CCNC2)c(F)c1F.NC=S. The van der Waals surface area contributed by atoms with Gasteiger partial charge in [0, 0.05) is 12.5 Å². The van der Waals surface area contributed by atoms with Crippen LogP contribution in [0.3, 0.4) is 0 Å². The van der Waals surface area contributed by atoms with Crippen molar-refractivity contribution in [3.05, 3.63) is 35.1 Å². The second kappa shape index (κ2) is 6.56. The molecule has 3 N–H and O–H groups in total. The average molecular weight is 262 g/mol. The molecule has 0 radical (unpaired) electrons. The maximum absolute atomic E-state index is 13.3. The van der Waals surface area contributed by atoms with Crippen LogP contribution in [-0.2, 0) is 0 Å². The number of rotatable bonds is 1. The highest BCUT2D eigenvalue weighted by Crippen LogP contribution is 2.26. The Kier molecular flexibility index (Phi) is 5.37. The van der Waals surface area contributed by atoms with Gasteiger partial charge >= 0.3 is 0 Å². The molecule has 94 valence electrons. The van der Waals surface area contributed by atoms with Crippen LogP contribution in [0.2, 0.25) is 0 Å². The van der Waals surface area contributed by atoms with E-state index in [1.54, 1.807) is 0 Å². The van der Waals surface area contributed by atoms with Gasteiger partial charge in [0.1, 0.15) is 0 Å². The van der Waals surface area contributed by atoms with Gasteiger partial charge < -0.3 is 11.1 Å². The first-order chi connectivity index (χ1) is 8.11. The number of benzene rings is 1. The highest BCUT2D eigenvalue weighted by molar-refractivity contribution is 7.78. The minimum atomic E-state index is -1.37. The van der Waals surface area contributed by atoms with E-state index in [2.05, 4.69) is 23.3 Å². The summed E-state index contributed by atoms with van der Waals surface area (Å²) in [7, 11) is 0. The topological polar surface area (TPSA) is 38.0 Å². The minimum absolute atomic E-state index is 0.0369. The van der Waals surface area contributed by atoms with Gasteiger partial charge in [-0.1, -0.05) is 18.3 Å². The highest BCUT2D eigenvalue weighted by atomic mass is 32.1. The summed E-state index contributed by atoms with van der Waals surface area (Å²) in [5, 5.41) is 3.05. The summed E-state index contributed by atoms with van der Waals surface area (Å²) in [6, 6.07) is 2.30. The Morgan fingerprint density at radius 3 is 2.47 bits per heavy atom. The summed E-state index contributed by atoms with van der Waals surface area (Å²) < 4.78 is 38.8. The van der Waals surface area contributed by atoms with Gasteiger partial charge in [-0.25, -0.2) is 13.2 Å². The van der Waals surface area contributed by atoms with Crippen molar-refractivity contribution in [1.82, 2.24) is 5.32 Å². The molecular weight excluding hydrogens is 249 g/mol. The predicted molar refractivity (Wildman–Crippen MR) is 64.4 cm³/mol. The monoisotopic (exact) mass is 262 g/mol. The Hall–Kier alpha value is -1.14. The molecule has 0 bridgehead atoms. The van der Waals surface area contributed by atoms with Crippen LogP contribution in [-0.4, -0.2) is 18.6 Å². The lowest BCUT2D eigenvalue weighted by Crippen LogP contribution is -2.10. The fourth-order valence-electron chi connectivity index (χ4n) is 1.78. The quantitative estimate of drug-likeness (QED) is 0.601. The van der Waals surface area contributed by atoms with E-state index in [4.69, 9.17) is 0 Å². The Balaban J connectivity index is 0.000000437. The molecule has 0 saturated carbocycles. The van der Waals surface area contributed by atoms with Crippen LogP contribution in [0.25, 0.3) is 0 Å². The maximum atomic E-state index is 13.3. The van der Waals surface area contributed by atoms with E-state index in [9.17, 15) is 13.2 Å². The highest BCUT2D eigenvalue weighted by Gasteiger charge is 2.23. The lowest BCUT2D eigenvalue weighted by Gasteiger charge is -2.10. The Labute approximate surface area is 103 Å². The van der Waals surface area contributed by atoms with E-state index in [1.807, 2.05) is 0 Å². The van der Waals surface area contributed by atoms with Gasteiger partial charge in [0.25, 0.3) is 0 Å². The fraction of sp³-hybridized carbons (Fsp3) is 0.364. The number of nitrogens with two attached hydrogens (primary N) is 1. The molecule has 1 unspecified atom stereocenters. The average Bonchev–Trinajstić information content (AvgIpc) is 2.81.